The van der Waals surface area contributed by atoms with Crippen LogP contribution in [0.25, 0.3) is 0 Å². The van der Waals surface area contributed by atoms with Gasteiger partial charge in [-0.2, -0.15) is 0 Å². The fraction of sp³-hybridized carbons (Fsp3) is 0.571. The van der Waals surface area contributed by atoms with E-state index < -0.39 is 0 Å². The fourth-order valence-corrected chi connectivity index (χ4v) is 2.42. The Bertz CT molecular complexity index is 337. The number of aliphatic hydroxyl groups is 1. The maximum atomic E-state index is 9.10. The minimum atomic E-state index is 0.290. The second-order valence-electron chi connectivity index (χ2n) is 4.90. The molecule has 1 N–H and O–H groups in total. The van der Waals surface area contributed by atoms with E-state index in [0.717, 1.165) is 19.6 Å². The van der Waals surface area contributed by atoms with Gasteiger partial charge >= 0.3 is 0 Å². The van der Waals surface area contributed by atoms with E-state index in [2.05, 4.69) is 36.1 Å². The molecule has 2 heteroatoms. The lowest BCUT2D eigenvalue weighted by atomic mass is 10.0. The number of fused-ring (bicyclic) bond motifs is 1. The highest BCUT2D eigenvalue weighted by Crippen LogP contribution is 2.18. The zero-order valence-electron chi connectivity index (χ0n) is 10.0. The summed E-state index contributed by atoms with van der Waals surface area (Å²) in [4.78, 5) is 2.46. The predicted octanol–water partition coefficient (Wildman–Crippen LogP) is 2.06. The summed E-state index contributed by atoms with van der Waals surface area (Å²) in [5.74, 6) is 0.380. The van der Waals surface area contributed by atoms with Crippen LogP contribution in [0.1, 0.15) is 24.5 Å². The van der Waals surface area contributed by atoms with Crippen molar-refractivity contribution in [2.24, 2.45) is 5.92 Å². The lowest BCUT2D eigenvalue weighted by molar-refractivity contribution is 0.169. The van der Waals surface area contributed by atoms with E-state index >= 15 is 0 Å². The average molecular weight is 219 g/mol. The number of benzene rings is 1. The van der Waals surface area contributed by atoms with Crippen LogP contribution in [-0.2, 0) is 13.0 Å². The second kappa shape index (κ2) is 5.46. The molecule has 0 bridgehead atoms. The van der Waals surface area contributed by atoms with Gasteiger partial charge in [0.2, 0.25) is 0 Å². The quantitative estimate of drug-likeness (QED) is 0.841. The Hall–Kier alpha value is -0.860. The van der Waals surface area contributed by atoms with E-state index in [-0.39, 0.29) is 6.61 Å². The largest absolute Gasteiger partial charge is 0.396 e. The first-order valence-corrected chi connectivity index (χ1v) is 6.19. The number of aryl methyl sites for hydroxylation is 1. The Kier molecular flexibility index (Phi) is 3.97. The van der Waals surface area contributed by atoms with Crippen molar-refractivity contribution in [2.45, 2.75) is 26.3 Å². The van der Waals surface area contributed by atoms with E-state index in [1.165, 1.54) is 24.0 Å². The molecule has 0 radical (unpaired) electrons. The van der Waals surface area contributed by atoms with Crippen LogP contribution in [0.4, 0.5) is 0 Å². The van der Waals surface area contributed by atoms with E-state index in [9.17, 15) is 0 Å². The minimum absolute atomic E-state index is 0.290. The molecular weight excluding hydrogens is 198 g/mol. The molecule has 0 spiro atoms. The van der Waals surface area contributed by atoms with Crippen LogP contribution in [0.3, 0.4) is 0 Å². The Morgan fingerprint density at radius 3 is 2.81 bits per heavy atom. The monoisotopic (exact) mass is 219 g/mol. The summed E-state index contributed by atoms with van der Waals surface area (Å²) in [5, 5.41) is 9.10. The van der Waals surface area contributed by atoms with Crippen LogP contribution >= 0.6 is 0 Å². The zero-order chi connectivity index (χ0) is 11.4. The molecule has 0 aromatic heterocycles. The highest BCUT2D eigenvalue weighted by atomic mass is 16.3. The summed E-state index contributed by atoms with van der Waals surface area (Å²) in [5.41, 5.74) is 2.96. The number of hydrogen-bond acceptors (Lipinski definition) is 2. The molecule has 16 heavy (non-hydrogen) atoms. The van der Waals surface area contributed by atoms with E-state index in [1.54, 1.807) is 0 Å². The van der Waals surface area contributed by atoms with E-state index in [1.807, 2.05) is 0 Å². The molecule has 0 amide bonds. The van der Waals surface area contributed by atoms with Crippen molar-refractivity contribution in [3.05, 3.63) is 35.4 Å². The second-order valence-corrected chi connectivity index (χ2v) is 4.90. The first-order valence-electron chi connectivity index (χ1n) is 6.19. The number of hydrogen-bond donors (Lipinski definition) is 1. The normalized spacial score (nSPS) is 18.9. The molecule has 2 rings (SSSR count). The van der Waals surface area contributed by atoms with Gasteiger partial charge in [-0.1, -0.05) is 31.2 Å². The minimum Gasteiger partial charge on any atom is -0.396 e. The highest BCUT2D eigenvalue weighted by Gasteiger charge is 2.15. The molecular formula is C14H21NO. The van der Waals surface area contributed by atoms with Gasteiger partial charge in [-0.15, -0.1) is 0 Å². The highest BCUT2D eigenvalue weighted by molar-refractivity contribution is 5.27. The molecule has 1 unspecified atom stereocenters. The number of aliphatic hydroxyl groups excluding tert-OH is 1. The van der Waals surface area contributed by atoms with Gasteiger partial charge in [0.1, 0.15) is 0 Å². The summed E-state index contributed by atoms with van der Waals surface area (Å²) in [6.07, 6.45) is 2.43. The van der Waals surface area contributed by atoms with Gasteiger partial charge < -0.3 is 5.11 Å². The standard InChI is InChI=1S/C14H21NO/c1-12(11-16)9-15-8-4-7-13-5-2-3-6-14(13)10-15/h2-3,5-6,12,16H,4,7-11H2,1H3. The van der Waals surface area contributed by atoms with E-state index in [4.69, 9.17) is 5.11 Å². The van der Waals surface area contributed by atoms with Crippen molar-refractivity contribution in [1.29, 1.82) is 0 Å². The van der Waals surface area contributed by atoms with Crippen LogP contribution in [0.15, 0.2) is 24.3 Å². The molecule has 2 nitrogen and oxygen atoms in total. The third-order valence-electron chi connectivity index (χ3n) is 3.31. The molecule has 1 atom stereocenters. The number of rotatable bonds is 3. The van der Waals surface area contributed by atoms with Crippen molar-refractivity contribution in [3.63, 3.8) is 0 Å². The van der Waals surface area contributed by atoms with Crippen LogP contribution in [0, 0.1) is 5.92 Å². The van der Waals surface area contributed by atoms with Gasteiger partial charge in [0.25, 0.3) is 0 Å². The number of nitrogens with zero attached hydrogens (tertiary/aromatic N) is 1. The molecule has 0 saturated heterocycles. The van der Waals surface area contributed by atoms with Gasteiger partial charge in [-0.05, 0) is 36.4 Å². The third kappa shape index (κ3) is 2.83. The molecule has 88 valence electrons. The van der Waals surface area contributed by atoms with Crippen molar-refractivity contribution < 1.29 is 5.11 Å². The first-order chi connectivity index (χ1) is 7.79. The summed E-state index contributed by atoms with van der Waals surface area (Å²) < 4.78 is 0. The lowest BCUT2D eigenvalue weighted by Gasteiger charge is -2.23. The molecule has 1 aliphatic heterocycles. The zero-order valence-corrected chi connectivity index (χ0v) is 10.0. The smallest absolute Gasteiger partial charge is 0.0468 e. The third-order valence-corrected chi connectivity index (χ3v) is 3.31. The fourth-order valence-electron chi connectivity index (χ4n) is 2.42. The topological polar surface area (TPSA) is 23.5 Å². The Morgan fingerprint density at radius 1 is 1.31 bits per heavy atom. The molecule has 1 aliphatic rings. The molecule has 1 aromatic rings. The predicted molar refractivity (Wildman–Crippen MR) is 66.3 cm³/mol. The van der Waals surface area contributed by atoms with Gasteiger partial charge in [-0.3, -0.25) is 4.90 Å². The average Bonchev–Trinajstić information content (AvgIpc) is 2.50. The molecule has 0 fully saturated rings. The van der Waals surface area contributed by atoms with Gasteiger partial charge in [0.05, 0.1) is 0 Å². The summed E-state index contributed by atoms with van der Waals surface area (Å²) in [6.45, 7) is 5.60. The van der Waals surface area contributed by atoms with E-state index in [0.29, 0.717) is 5.92 Å². The molecule has 0 saturated carbocycles. The summed E-state index contributed by atoms with van der Waals surface area (Å²) >= 11 is 0. The van der Waals surface area contributed by atoms with Crippen LogP contribution in [0.5, 0.6) is 0 Å². The summed E-state index contributed by atoms with van der Waals surface area (Å²) in [6, 6.07) is 8.73. The molecule has 1 aromatic carbocycles. The molecule has 1 heterocycles. The van der Waals surface area contributed by atoms with Crippen LogP contribution < -0.4 is 0 Å². The van der Waals surface area contributed by atoms with Crippen molar-refractivity contribution in [1.82, 2.24) is 4.90 Å². The van der Waals surface area contributed by atoms with Crippen molar-refractivity contribution >= 4 is 0 Å². The Balaban J connectivity index is 2.05. The SMILES string of the molecule is CC(CO)CN1CCCc2ccccc2C1. The Morgan fingerprint density at radius 2 is 2.06 bits per heavy atom. The van der Waals surface area contributed by atoms with Gasteiger partial charge in [0, 0.05) is 19.7 Å². The van der Waals surface area contributed by atoms with Crippen molar-refractivity contribution in [2.75, 3.05) is 19.7 Å². The Labute approximate surface area is 97.9 Å². The lowest BCUT2D eigenvalue weighted by Crippen LogP contribution is -2.29. The van der Waals surface area contributed by atoms with Crippen LogP contribution in [0.2, 0.25) is 0 Å². The maximum absolute atomic E-state index is 9.10. The van der Waals surface area contributed by atoms with Gasteiger partial charge in [0.15, 0.2) is 0 Å². The van der Waals surface area contributed by atoms with Crippen molar-refractivity contribution in [3.8, 4) is 0 Å². The van der Waals surface area contributed by atoms with Crippen LogP contribution in [-0.4, -0.2) is 29.7 Å². The maximum Gasteiger partial charge on any atom is 0.0468 e. The molecule has 0 aliphatic carbocycles. The summed E-state index contributed by atoms with van der Waals surface area (Å²) in [7, 11) is 0. The van der Waals surface area contributed by atoms with Gasteiger partial charge in [-0.25, -0.2) is 0 Å². The first kappa shape index (κ1) is 11.6.